The van der Waals surface area contributed by atoms with E-state index < -0.39 is 0 Å². The molecule has 0 radical (unpaired) electrons. The monoisotopic (exact) mass is 277 g/mol. The summed E-state index contributed by atoms with van der Waals surface area (Å²) >= 11 is 0. The van der Waals surface area contributed by atoms with Gasteiger partial charge in [0.15, 0.2) is 5.96 Å². The van der Waals surface area contributed by atoms with Crippen LogP contribution in [0.3, 0.4) is 0 Å². The highest BCUT2D eigenvalue weighted by Crippen LogP contribution is 2.16. The summed E-state index contributed by atoms with van der Waals surface area (Å²) in [5.74, 6) is 1.57. The first-order valence-corrected chi connectivity index (χ1v) is 7.30. The molecule has 0 bridgehead atoms. The fourth-order valence-electron chi connectivity index (χ4n) is 2.48. The van der Waals surface area contributed by atoms with Crippen molar-refractivity contribution in [2.75, 3.05) is 20.1 Å². The average molecular weight is 277 g/mol. The maximum atomic E-state index is 13.5. The van der Waals surface area contributed by atoms with E-state index in [1.807, 2.05) is 12.1 Å². The largest absolute Gasteiger partial charge is 0.352 e. The summed E-state index contributed by atoms with van der Waals surface area (Å²) in [6, 6.07) is 5.36. The van der Waals surface area contributed by atoms with E-state index in [0.717, 1.165) is 30.5 Å². The second-order valence-corrected chi connectivity index (χ2v) is 5.65. The first-order chi connectivity index (χ1) is 9.60. The Morgan fingerprint density at radius 1 is 1.40 bits per heavy atom. The number of nitrogens with one attached hydrogen (secondary N) is 1. The van der Waals surface area contributed by atoms with Crippen LogP contribution in [0.15, 0.2) is 23.2 Å². The second-order valence-electron chi connectivity index (χ2n) is 5.65. The van der Waals surface area contributed by atoms with Crippen LogP contribution in [0.1, 0.15) is 30.9 Å². The fourth-order valence-corrected chi connectivity index (χ4v) is 2.48. The molecule has 0 atom stereocenters. The van der Waals surface area contributed by atoms with Crippen molar-refractivity contribution in [2.45, 2.75) is 33.2 Å². The minimum atomic E-state index is -0.147. The van der Waals surface area contributed by atoms with Crippen molar-refractivity contribution in [3.8, 4) is 0 Å². The molecule has 0 amide bonds. The van der Waals surface area contributed by atoms with Crippen LogP contribution in [0.2, 0.25) is 0 Å². The maximum absolute atomic E-state index is 13.5. The van der Waals surface area contributed by atoms with Gasteiger partial charge in [-0.05, 0) is 42.9 Å². The average Bonchev–Trinajstić information content (AvgIpc) is 2.45. The molecule has 0 aliphatic carbocycles. The van der Waals surface area contributed by atoms with Crippen LogP contribution in [0, 0.1) is 18.7 Å². The maximum Gasteiger partial charge on any atom is 0.193 e. The molecule has 1 saturated heterocycles. The Balaban J connectivity index is 1.92. The van der Waals surface area contributed by atoms with Gasteiger partial charge in [0.1, 0.15) is 5.82 Å². The van der Waals surface area contributed by atoms with Crippen molar-refractivity contribution in [3.05, 3.63) is 35.1 Å². The molecular weight excluding hydrogens is 253 g/mol. The summed E-state index contributed by atoms with van der Waals surface area (Å²) < 4.78 is 13.5. The highest BCUT2D eigenvalue weighted by molar-refractivity contribution is 5.79. The van der Waals surface area contributed by atoms with E-state index in [0.29, 0.717) is 12.1 Å². The molecule has 1 N–H and O–H groups in total. The summed E-state index contributed by atoms with van der Waals surface area (Å²) in [5.41, 5.74) is 1.63. The smallest absolute Gasteiger partial charge is 0.193 e. The van der Waals surface area contributed by atoms with Crippen molar-refractivity contribution in [2.24, 2.45) is 10.9 Å². The lowest BCUT2D eigenvalue weighted by molar-refractivity contribution is 0.273. The summed E-state index contributed by atoms with van der Waals surface area (Å²) in [6.07, 6.45) is 2.42. The van der Waals surface area contributed by atoms with Gasteiger partial charge >= 0.3 is 0 Å². The van der Waals surface area contributed by atoms with Crippen LogP contribution in [0.4, 0.5) is 4.39 Å². The Morgan fingerprint density at radius 2 is 2.10 bits per heavy atom. The standard InChI is InChI=1S/C16H24FN3/c1-12-6-8-20(9-7-12)16(18-3)19-11-14-5-4-13(2)15(17)10-14/h4-5,10,12H,6-9,11H2,1-3H3,(H,18,19). The van der Waals surface area contributed by atoms with Gasteiger partial charge in [-0.2, -0.15) is 0 Å². The summed E-state index contributed by atoms with van der Waals surface area (Å²) in [6.45, 7) is 6.77. The SMILES string of the molecule is CN=C(NCc1ccc(C)c(F)c1)N1CCC(C)CC1. The highest BCUT2D eigenvalue weighted by atomic mass is 19.1. The number of benzene rings is 1. The lowest BCUT2D eigenvalue weighted by Crippen LogP contribution is -2.45. The molecule has 2 rings (SSSR count). The third kappa shape index (κ3) is 3.71. The summed E-state index contributed by atoms with van der Waals surface area (Å²) in [5, 5.41) is 3.33. The molecule has 1 aromatic rings. The number of guanidine groups is 1. The van der Waals surface area contributed by atoms with Crippen molar-refractivity contribution in [3.63, 3.8) is 0 Å². The topological polar surface area (TPSA) is 27.6 Å². The van der Waals surface area contributed by atoms with E-state index in [4.69, 9.17) is 0 Å². The Labute approximate surface area is 120 Å². The molecule has 4 heteroatoms. The minimum Gasteiger partial charge on any atom is -0.352 e. The van der Waals surface area contributed by atoms with E-state index in [-0.39, 0.29) is 5.82 Å². The van der Waals surface area contributed by atoms with E-state index in [2.05, 4.69) is 22.1 Å². The molecule has 20 heavy (non-hydrogen) atoms. The van der Waals surface area contributed by atoms with Crippen molar-refractivity contribution >= 4 is 5.96 Å². The third-order valence-corrected chi connectivity index (χ3v) is 3.98. The Kier molecular flexibility index (Phi) is 4.99. The van der Waals surface area contributed by atoms with Gasteiger partial charge in [-0.1, -0.05) is 19.1 Å². The zero-order chi connectivity index (χ0) is 14.5. The van der Waals surface area contributed by atoms with E-state index >= 15 is 0 Å². The number of nitrogens with zero attached hydrogens (tertiary/aromatic N) is 2. The van der Waals surface area contributed by atoms with E-state index in [9.17, 15) is 4.39 Å². The normalized spacial score (nSPS) is 17.4. The number of hydrogen-bond donors (Lipinski definition) is 1. The number of hydrogen-bond acceptors (Lipinski definition) is 1. The van der Waals surface area contributed by atoms with Gasteiger partial charge in [-0.3, -0.25) is 4.99 Å². The zero-order valence-electron chi connectivity index (χ0n) is 12.6. The zero-order valence-corrected chi connectivity index (χ0v) is 12.6. The van der Waals surface area contributed by atoms with Gasteiger partial charge in [0.05, 0.1) is 0 Å². The molecule has 0 unspecified atom stereocenters. The number of halogens is 1. The van der Waals surface area contributed by atoms with E-state index in [1.165, 1.54) is 12.8 Å². The predicted octanol–water partition coefficient (Wildman–Crippen LogP) is 2.94. The van der Waals surface area contributed by atoms with Gasteiger partial charge < -0.3 is 10.2 Å². The molecular formula is C16H24FN3. The second kappa shape index (κ2) is 6.73. The van der Waals surface area contributed by atoms with Crippen LogP contribution in [-0.2, 0) is 6.54 Å². The van der Waals surface area contributed by atoms with Crippen LogP contribution in [-0.4, -0.2) is 31.0 Å². The summed E-state index contributed by atoms with van der Waals surface area (Å²) in [4.78, 5) is 6.61. The molecule has 0 saturated carbocycles. The van der Waals surface area contributed by atoms with Crippen LogP contribution in [0.5, 0.6) is 0 Å². The lowest BCUT2D eigenvalue weighted by atomic mass is 9.99. The molecule has 1 aliphatic rings. The minimum absolute atomic E-state index is 0.147. The molecule has 1 heterocycles. The number of rotatable bonds is 2. The molecule has 110 valence electrons. The lowest BCUT2D eigenvalue weighted by Gasteiger charge is -2.32. The van der Waals surface area contributed by atoms with E-state index in [1.54, 1.807) is 20.0 Å². The highest BCUT2D eigenvalue weighted by Gasteiger charge is 2.18. The molecule has 1 aromatic carbocycles. The quantitative estimate of drug-likeness (QED) is 0.665. The number of aliphatic imine (C=N–C) groups is 1. The fraction of sp³-hybridized carbons (Fsp3) is 0.562. The third-order valence-electron chi connectivity index (χ3n) is 3.98. The first kappa shape index (κ1) is 14.8. The number of aryl methyl sites for hydroxylation is 1. The molecule has 0 spiro atoms. The Hall–Kier alpha value is -1.58. The van der Waals surface area contributed by atoms with Gasteiger partial charge in [0, 0.05) is 26.7 Å². The van der Waals surface area contributed by atoms with Gasteiger partial charge in [-0.15, -0.1) is 0 Å². The molecule has 1 aliphatic heterocycles. The molecule has 3 nitrogen and oxygen atoms in total. The number of likely N-dealkylation sites (tertiary alicyclic amines) is 1. The Bertz CT molecular complexity index is 477. The summed E-state index contributed by atoms with van der Waals surface area (Å²) in [7, 11) is 1.80. The van der Waals surface area contributed by atoms with Crippen LogP contribution in [0.25, 0.3) is 0 Å². The van der Waals surface area contributed by atoms with Gasteiger partial charge in [0.25, 0.3) is 0 Å². The van der Waals surface area contributed by atoms with Crippen molar-refractivity contribution < 1.29 is 4.39 Å². The van der Waals surface area contributed by atoms with Gasteiger partial charge in [0.2, 0.25) is 0 Å². The predicted molar refractivity (Wildman–Crippen MR) is 81.3 cm³/mol. The van der Waals surface area contributed by atoms with Crippen LogP contribution >= 0.6 is 0 Å². The Morgan fingerprint density at radius 3 is 2.70 bits per heavy atom. The van der Waals surface area contributed by atoms with Crippen molar-refractivity contribution in [1.29, 1.82) is 0 Å². The van der Waals surface area contributed by atoms with Gasteiger partial charge in [-0.25, -0.2) is 4.39 Å². The first-order valence-electron chi connectivity index (χ1n) is 7.30. The molecule has 1 fully saturated rings. The van der Waals surface area contributed by atoms with Crippen molar-refractivity contribution in [1.82, 2.24) is 10.2 Å². The van der Waals surface area contributed by atoms with Crippen LogP contribution < -0.4 is 5.32 Å². The molecule has 0 aromatic heterocycles. The number of piperidine rings is 1.